The van der Waals surface area contributed by atoms with Crippen LogP contribution in [0.25, 0.3) is 5.69 Å². The van der Waals surface area contributed by atoms with Crippen molar-refractivity contribution in [3.05, 3.63) is 48.0 Å². The van der Waals surface area contributed by atoms with E-state index in [4.69, 9.17) is 5.73 Å². The molecule has 0 amide bonds. The van der Waals surface area contributed by atoms with Crippen LogP contribution in [0, 0.1) is 5.82 Å². The standard InChI is InChI=1S/C11H12FN3/c1-8(13)11-9(12)4-2-5-10(11)15-7-3-6-14-15/h2-8H,13H2,1H3/t8-/m0/s1. The average molecular weight is 205 g/mol. The van der Waals surface area contributed by atoms with E-state index in [2.05, 4.69) is 5.10 Å². The van der Waals surface area contributed by atoms with Gasteiger partial charge in [-0.05, 0) is 25.1 Å². The highest BCUT2D eigenvalue weighted by Crippen LogP contribution is 2.22. The zero-order chi connectivity index (χ0) is 10.8. The molecule has 0 fully saturated rings. The number of hydrogen-bond donors (Lipinski definition) is 1. The van der Waals surface area contributed by atoms with E-state index >= 15 is 0 Å². The number of halogens is 1. The van der Waals surface area contributed by atoms with Gasteiger partial charge in [0.15, 0.2) is 0 Å². The van der Waals surface area contributed by atoms with E-state index in [1.165, 1.54) is 6.07 Å². The van der Waals surface area contributed by atoms with Gasteiger partial charge in [0.25, 0.3) is 0 Å². The lowest BCUT2D eigenvalue weighted by Crippen LogP contribution is -2.12. The summed E-state index contributed by atoms with van der Waals surface area (Å²) < 4.78 is 15.2. The Balaban J connectivity index is 2.61. The normalized spacial score (nSPS) is 12.7. The maximum absolute atomic E-state index is 13.6. The molecule has 0 radical (unpaired) electrons. The van der Waals surface area contributed by atoms with Crippen LogP contribution in [0.15, 0.2) is 36.7 Å². The Morgan fingerprint density at radius 2 is 2.20 bits per heavy atom. The minimum atomic E-state index is -0.356. The zero-order valence-electron chi connectivity index (χ0n) is 8.39. The van der Waals surface area contributed by atoms with Crippen LogP contribution in [0.4, 0.5) is 4.39 Å². The molecule has 78 valence electrons. The lowest BCUT2D eigenvalue weighted by molar-refractivity contribution is 0.589. The van der Waals surface area contributed by atoms with Crippen molar-refractivity contribution in [3.8, 4) is 5.69 Å². The predicted octanol–water partition coefficient (Wildman–Crippen LogP) is 2.03. The molecule has 15 heavy (non-hydrogen) atoms. The van der Waals surface area contributed by atoms with Crippen LogP contribution < -0.4 is 5.73 Å². The number of benzene rings is 1. The first-order valence-electron chi connectivity index (χ1n) is 4.74. The zero-order valence-corrected chi connectivity index (χ0v) is 8.39. The molecule has 1 aromatic heterocycles. The first-order valence-corrected chi connectivity index (χ1v) is 4.74. The summed E-state index contributed by atoms with van der Waals surface area (Å²) in [4.78, 5) is 0. The third kappa shape index (κ3) is 1.76. The molecule has 0 aliphatic rings. The SMILES string of the molecule is C[C@H](N)c1c(F)cccc1-n1cccn1. The Labute approximate surface area is 87.3 Å². The van der Waals surface area contributed by atoms with Gasteiger partial charge in [0.2, 0.25) is 0 Å². The summed E-state index contributed by atoms with van der Waals surface area (Å²) in [6.07, 6.45) is 3.41. The van der Waals surface area contributed by atoms with Gasteiger partial charge in [-0.25, -0.2) is 9.07 Å². The topological polar surface area (TPSA) is 43.8 Å². The molecule has 2 rings (SSSR count). The van der Waals surface area contributed by atoms with Crippen molar-refractivity contribution in [1.82, 2.24) is 9.78 Å². The van der Waals surface area contributed by atoms with Crippen LogP contribution in [-0.2, 0) is 0 Å². The van der Waals surface area contributed by atoms with E-state index in [0.717, 1.165) is 0 Å². The first-order chi connectivity index (χ1) is 7.20. The fourth-order valence-electron chi connectivity index (χ4n) is 1.59. The maximum atomic E-state index is 13.6. The van der Waals surface area contributed by atoms with Crippen LogP contribution in [0.2, 0.25) is 0 Å². The molecule has 3 nitrogen and oxygen atoms in total. The van der Waals surface area contributed by atoms with E-state index < -0.39 is 0 Å². The minimum absolute atomic E-state index is 0.294. The Kier molecular flexibility index (Phi) is 2.51. The molecule has 0 saturated heterocycles. The van der Waals surface area contributed by atoms with E-state index in [-0.39, 0.29) is 11.9 Å². The van der Waals surface area contributed by atoms with Crippen LogP contribution in [0.5, 0.6) is 0 Å². The fraction of sp³-hybridized carbons (Fsp3) is 0.182. The maximum Gasteiger partial charge on any atom is 0.130 e. The molecule has 2 N–H and O–H groups in total. The predicted molar refractivity (Wildman–Crippen MR) is 56.1 cm³/mol. The number of nitrogens with two attached hydrogens (primary N) is 1. The molecule has 0 aliphatic carbocycles. The van der Waals surface area contributed by atoms with Crippen LogP contribution in [-0.4, -0.2) is 9.78 Å². The van der Waals surface area contributed by atoms with Crippen molar-refractivity contribution in [2.45, 2.75) is 13.0 Å². The summed E-state index contributed by atoms with van der Waals surface area (Å²) in [6.45, 7) is 1.76. The van der Waals surface area contributed by atoms with E-state index in [9.17, 15) is 4.39 Å². The largest absolute Gasteiger partial charge is 0.324 e. The van der Waals surface area contributed by atoms with Crippen molar-refractivity contribution in [2.24, 2.45) is 5.73 Å². The highest BCUT2D eigenvalue weighted by Gasteiger charge is 2.13. The van der Waals surface area contributed by atoms with E-state index in [0.29, 0.717) is 11.3 Å². The molecular weight excluding hydrogens is 193 g/mol. The molecule has 1 aromatic carbocycles. The second kappa shape index (κ2) is 3.82. The van der Waals surface area contributed by atoms with Gasteiger partial charge in [0.05, 0.1) is 5.69 Å². The van der Waals surface area contributed by atoms with Crippen molar-refractivity contribution in [3.63, 3.8) is 0 Å². The fourth-order valence-corrected chi connectivity index (χ4v) is 1.59. The van der Waals surface area contributed by atoms with Crippen molar-refractivity contribution >= 4 is 0 Å². The summed E-state index contributed by atoms with van der Waals surface area (Å²) in [5, 5.41) is 4.07. The van der Waals surface area contributed by atoms with Gasteiger partial charge in [-0.1, -0.05) is 6.07 Å². The molecule has 0 bridgehead atoms. The lowest BCUT2D eigenvalue weighted by Gasteiger charge is -2.13. The average Bonchev–Trinajstić information content (AvgIpc) is 2.69. The first kappa shape index (κ1) is 9.86. The van der Waals surface area contributed by atoms with E-state index in [1.807, 2.05) is 0 Å². The van der Waals surface area contributed by atoms with Crippen molar-refractivity contribution < 1.29 is 4.39 Å². The molecule has 2 aromatic rings. The molecule has 1 heterocycles. The summed E-state index contributed by atoms with van der Waals surface area (Å²) in [7, 11) is 0. The number of hydrogen-bond acceptors (Lipinski definition) is 2. The Morgan fingerprint density at radius 3 is 2.80 bits per heavy atom. The van der Waals surface area contributed by atoms with Crippen molar-refractivity contribution in [1.29, 1.82) is 0 Å². The molecule has 1 atom stereocenters. The highest BCUT2D eigenvalue weighted by molar-refractivity contribution is 5.42. The Morgan fingerprint density at radius 1 is 1.40 bits per heavy atom. The Bertz CT molecular complexity index is 449. The van der Waals surface area contributed by atoms with Crippen LogP contribution >= 0.6 is 0 Å². The smallest absolute Gasteiger partial charge is 0.130 e. The van der Waals surface area contributed by atoms with Gasteiger partial charge in [0.1, 0.15) is 5.82 Å². The monoisotopic (exact) mass is 205 g/mol. The summed E-state index contributed by atoms with van der Waals surface area (Å²) >= 11 is 0. The van der Waals surface area contributed by atoms with Gasteiger partial charge in [-0.2, -0.15) is 5.10 Å². The Hall–Kier alpha value is -1.68. The van der Waals surface area contributed by atoms with Gasteiger partial charge >= 0.3 is 0 Å². The van der Waals surface area contributed by atoms with Crippen molar-refractivity contribution in [2.75, 3.05) is 0 Å². The summed E-state index contributed by atoms with van der Waals surface area (Å²) in [5.74, 6) is -0.294. The lowest BCUT2D eigenvalue weighted by atomic mass is 10.1. The molecule has 4 heteroatoms. The van der Waals surface area contributed by atoms with Crippen LogP contribution in [0.3, 0.4) is 0 Å². The number of aromatic nitrogens is 2. The third-order valence-corrected chi connectivity index (χ3v) is 2.24. The second-order valence-electron chi connectivity index (χ2n) is 3.41. The van der Waals surface area contributed by atoms with E-state index in [1.54, 1.807) is 42.2 Å². The molecular formula is C11H12FN3. The third-order valence-electron chi connectivity index (χ3n) is 2.24. The summed E-state index contributed by atoms with van der Waals surface area (Å²) in [5.41, 5.74) is 6.92. The molecule has 0 saturated carbocycles. The number of rotatable bonds is 2. The van der Waals surface area contributed by atoms with Gasteiger partial charge in [0, 0.05) is 24.0 Å². The molecule has 0 unspecified atom stereocenters. The quantitative estimate of drug-likeness (QED) is 0.815. The molecule has 0 spiro atoms. The van der Waals surface area contributed by atoms with Gasteiger partial charge < -0.3 is 5.73 Å². The highest BCUT2D eigenvalue weighted by atomic mass is 19.1. The van der Waals surface area contributed by atoms with Crippen LogP contribution in [0.1, 0.15) is 18.5 Å². The van der Waals surface area contributed by atoms with Gasteiger partial charge in [-0.3, -0.25) is 0 Å². The molecule has 0 aliphatic heterocycles. The van der Waals surface area contributed by atoms with Gasteiger partial charge in [-0.15, -0.1) is 0 Å². The minimum Gasteiger partial charge on any atom is -0.324 e. The summed E-state index contributed by atoms with van der Waals surface area (Å²) in [6, 6.07) is 6.29. The second-order valence-corrected chi connectivity index (χ2v) is 3.41. The number of nitrogens with zero attached hydrogens (tertiary/aromatic N) is 2.